The maximum atomic E-state index is 14.7. The van der Waals surface area contributed by atoms with Crippen LogP contribution in [0, 0.1) is 5.82 Å². The van der Waals surface area contributed by atoms with Crippen molar-refractivity contribution in [1.29, 1.82) is 0 Å². The molecular formula is C22H18F8N6O3. The van der Waals surface area contributed by atoms with E-state index in [-0.39, 0.29) is 12.5 Å². The van der Waals surface area contributed by atoms with Crippen LogP contribution in [-0.4, -0.2) is 73.5 Å². The van der Waals surface area contributed by atoms with E-state index in [1.165, 1.54) is 0 Å². The number of amides is 2. The van der Waals surface area contributed by atoms with Crippen LogP contribution in [0.25, 0.3) is 16.8 Å². The topological polar surface area (TPSA) is 126 Å². The summed E-state index contributed by atoms with van der Waals surface area (Å²) in [5, 5.41) is 15.4. The van der Waals surface area contributed by atoms with Crippen molar-refractivity contribution in [3.63, 3.8) is 0 Å². The monoisotopic (exact) mass is 566 g/mol. The lowest BCUT2D eigenvalue weighted by Gasteiger charge is -2.29. The quantitative estimate of drug-likeness (QED) is 0.417. The first-order valence-electron chi connectivity index (χ1n) is 11.0. The van der Waals surface area contributed by atoms with Gasteiger partial charge in [-0.3, -0.25) is 9.59 Å². The van der Waals surface area contributed by atoms with Gasteiger partial charge in [-0.1, -0.05) is 0 Å². The minimum atomic E-state index is -5.34. The molecule has 3 heterocycles. The van der Waals surface area contributed by atoms with Crippen LogP contribution in [-0.2, 0) is 11.0 Å². The number of fused-ring (bicyclic) bond motifs is 1. The third kappa shape index (κ3) is 4.93. The molecule has 1 saturated heterocycles. The van der Waals surface area contributed by atoms with E-state index in [0.29, 0.717) is 15.5 Å². The normalized spacial score (nSPS) is 19.8. The van der Waals surface area contributed by atoms with E-state index in [1.54, 1.807) is 0 Å². The highest BCUT2D eigenvalue weighted by molar-refractivity contribution is 5.96. The summed E-state index contributed by atoms with van der Waals surface area (Å²) in [4.78, 5) is 28.8. The molecule has 0 spiro atoms. The summed E-state index contributed by atoms with van der Waals surface area (Å²) in [5.41, 5.74) is -1.43. The zero-order chi connectivity index (χ0) is 29.1. The Hall–Kier alpha value is -4.02. The lowest BCUT2D eigenvalue weighted by atomic mass is 10.1. The van der Waals surface area contributed by atoms with Gasteiger partial charge in [0, 0.05) is 17.7 Å². The number of alkyl halides is 7. The number of halogens is 8. The molecule has 1 fully saturated rings. The number of anilines is 1. The maximum Gasteiger partial charge on any atom is 0.426 e. The Kier molecular flexibility index (Phi) is 6.69. The minimum Gasteiger partial charge on any atom is -0.382 e. The van der Waals surface area contributed by atoms with Crippen LogP contribution in [0.15, 0.2) is 30.6 Å². The summed E-state index contributed by atoms with van der Waals surface area (Å²) < 4.78 is 110. The minimum absolute atomic E-state index is 0.211. The molecule has 0 aliphatic carbocycles. The zero-order valence-corrected chi connectivity index (χ0v) is 19.6. The molecule has 39 heavy (non-hydrogen) atoms. The Balaban J connectivity index is 1.62. The summed E-state index contributed by atoms with van der Waals surface area (Å²) in [6.45, 7) is -1.37. The number of carbonyl (C=O) groups is 2. The molecule has 1 aliphatic rings. The highest BCUT2D eigenvalue weighted by Gasteiger charge is 2.58. The fourth-order valence-corrected chi connectivity index (χ4v) is 4.09. The molecule has 210 valence electrons. The summed E-state index contributed by atoms with van der Waals surface area (Å²) in [5.74, 6) is -4.48. The highest BCUT2D eigenvalue weighted by Crippen LogP contribution is 2.39. The second kappa shape index (κ2) is 9.32. The Morgan fingerprint density at radius 3 is 2.41 bits per heavy atom. The molecule has 1 aromatic carbocycles. The molecular weight excluding hydrogens is 548 g/mol. The van der Waals surface area contributed by atoms with Gasteiger partial charge in [0.25, 0.3) is 11.8 Å². The number of hydrogen-bond donors (Lipinski definition) is 3. The largest absolute Gasteiger partial charge is 0.426 e. The second-order valence-electron chi connectivity index (χ2n) is 8.92. The number of nitrogen functional groups attached to an aromatic ring is 1. The van der Waals surface area contributed by atoms with Crippen molar-refractivity contribution >= 4 is 23.1 Å². The number of rotatable bonds is 4. The van der Waals surface area contributed by atoms with E-state index in [0.717, 1.165) is 24.5 Å². The third-order valence-electron chi connectivity index (χ3n) is 6.21. The van der Waals surface area contributed by atoms with Crippen LogP contribution in [0.5, 0.6) is 0 Å². The van der Waals surface area contributed by atoms with Crippen LogP contribution < -0.4 is 11.1 Å². The second-order valence-corrected chi connectivity index (χ2v) is 8.92. The van der Waals surface area contributed by atoms with Gasteiger partial charge in [0.2, 0.25) is 5.60 Å². The molecule has 0 bridgehead atoms. The first-order valence-corrected chi connectivity index (χ1v) is 11.0. The van der Waals surface area contributed by atoms with Crippen molar-refractivity contribution in [3.05, 3.63) is 47.5 Å². The summed E-state index contributed by atoms with van der Waals surface area (Å²) in [6, 6.07) is 1.63. The predicted octanol–water partition coefficient (Wildman–Crippen LogP) is 2.73. The molecule has 2 aromatic heterocycles. The molecule has 2 amide bonds. The molecule has 3 atom stereocenters. The SMILES string of the molecule is C[C@@](O)(C(=O)N1C[C@H](F)[C@H](NC(=O)c2ccc(F)c(-c3cc(C(F)(F)F)c4c(N)ncnn34)c2)C1)C(F)(F)F. The fourth-order valence-electron chi connectivity index (χ4n) is 4.09. The maximum absolute atomic E-state index is 14.7. The van der Waals surface area contributed by atoms with E-state index in [4.69, 9.17) is 5.73 Å². The molecule has 9 nitrogen and oxygen atoms in total. The molecule has 0 saturated carbocycles. The van der Waals surface area contributed by atoms with E-state index in [9.17, 15) is 49.8 Å². The number of nitrogens with zero attached hydrogens (tertiary/aromatic N) is 4. The standard InChI is InChI=1S/C22H18F8N6O3/c1-20(39,22(28,29)30)19(38)35-6-13(24)14(7-35)34-18(37)9-2-3-12(23)10(4-9)15-5-11(21(25,26)27)16-17(31)32-8-33-36(15)16/h2-5,8,13-14,39H,6-7H2,1H3,(H,34,37)(H2,31,32,33)/t13-,14+,20+/m0/s1. The number of aromatic nitrogens is 3. The van der Waals surface area contributed by atoms with Crippen LogP contribution in [0.1, 0.15) is 22.8 Å². The Labute approximate surface area is 213 Å². The van der Waals surface area contributed by atoms with Crippen LogP contribution in [0.2, 0.25) is 0 Å². The van der Waals surface area contributed by atoms with Crippen molar-refractivity contribution in [2.75, 3.05) is 18.8 Å². The molecule has 0 radical (unpaired) electrons. The van der Waals surface area contributed by atoms with Crippen molar-refractivity contribution in [1.82, 2.24) is 24.8 Å². The van der Waals surface area contributed by atoms with Crippen molar-refractivity contribution in [2.45, 2.75) is 37.1 Å². The zero-order valence-electron chi connectivity index (χ0n) is 19.6. The smallest absolute Gasteiger partial charge is 0.382 e. The van der Waals surface area contributed by atoms with Gasteiger partial charge in [0.1, 0.15) is 23.8 Å². The van der Waals surface area contributed by atoms with E-state index in [2.05, 4.69) is 15.4 Å². The number of carbonyl (C=O) groups excluding carboxylic acids is 2. The van der Waals surface area contributed by atoms with Gasteiger partial charge in [-0.2, -0.15) is 31.4 Å². The Morgan fingerprint density at radius 2 is 1.79 bits per heavy atom. The van der Waals surface area contributed by atoms with Crippen molar-refractivity contribution < 1.29 is 49.8 Å². The first-order chi connectivity index (χ1) is 17.9. The van der Waals surface area contributed by atoms with Crippen LogP contribution in [0.3, 0.4) is 0 Å². The number of aliphatic hydroxyl groups is 1. The van der Waals surface area contributed by atoms with Gasteiger partial charge in [-0.05, 0) is 31.2 Å². The van der Waals surface area contributed by atoms with Gasteiger partial charge in [0.05, 0.1) is 23.8 Å². The Bertz CT molecular complexity index is 1450. The molecule has 4 N–H and O–H groups in total. The number of nitrogens with two attached hydrogens (primary N) is 1. The first kappa shape index (κ1) is 28.0. The van der Waals surface area contributed by atoms with E-state index in [1.807, 2.05) is 0 Å². The number of likely N-dealkylation sites (tertiary alicyclic amines) is 1. The molecule has 17 heteroatoms. The number of benzene rings is 1. The molecule has 3 aromatic rings. The fraction of sp³-hybridized carbons (Fsp3) is 0.364. The molecule has 4 rings (SSSR count). The van der Waals surface area contributed by atoms with Crippen LogP contribution in [0.4, 0.5) is 40.9 Å². The highest BCUT2D eigenvalue weighted by atomic mass is 19.4. The van der Waals surface area contributed by atoms with E-state index < -0.39 is 89.0 Å². The summed E-state index contributed by atoms with van der Waals surface area (Å²) >= 11 is 0. The van der Waals surface area contributed by atoms with Crippen LogP contribution >= 0.6 is 0 Å². The van der Waals surface area contributed by atoms with Gasteiger partial charge in [0.15, 0.2) is 5.82 Å². The number of nitrogens with one attached hydrogen (secondary N) is 1. The summed E-state index contributed by atoms with van der Waals surface area (Å²) in [7, 11) is 0. The predicted molar refractivity (Wildman–Crippen MR) is 117 cm³/mol. The van der Waals surface area contributed by atoms with Crippen molar-refractivity contribution in [2.24, 2.45) is 0 Å². The average molecular weight is 566 g/mol. The third-order valence-corrected chi connectivity index (χ3v) is 6.21. The van der Waals surface area contributed by atoms with E-state index >= 15 is 0 Å². The molecule has 1 aliphatic heterocycles. The lowest BCUT2D eigenvalue weighted by Crippen LogP contribution is -2.56. The molecule has 0 unspecified atom stereocenters. The van der Waals surface area contributed by atoms with Gasteiger partial charge >= 0.3 is 12.4 Å². The van der Waals surface area contributed by atoms with Gasteiger partial charge < -0.3 is 21.1 Å². The van der Waals surface area contributed by atoms with Crippen molar-refractivity contribution in [3.8, 4) is 11.3 Å². The lowest BCUT2D eigenvalue weighted by molar-refractivity contribution is -0.249. The van der Waals surface area contributed by atoms with Gasteiger partial charge in [-0.15, -0.1) is 0 Å². The Morgan fingerprint density at radius 1 is 1.13 bits per heavy atom. The van der Waals surface area contributed by atoms with Gasteiger partial charge in [-0.25, -0.2) is 18.3 Å². The summed E-state index contributed by atoms with van der Waals surface area (Å²) in [6.07, 6.45) is -11.4. The average Bonchev–Trinajstić information content (AvgIpc) is 3.40. The number of hydrogen-bond acceptors (Lipinski definition) is 6.